The Balaban J connectivity index is 2.11. The van der Waals surface area contributed by atoms with Gasteiger partial charge in [0.25, 0.3) is 0 Å². The molecule has 86 valence electrons. The summed E-state index contributed by atoms with van der Waals surface area (Å²) in [5.74, 6) is 0.816. The Labute approximate surface area is 96.6 Å². The molecule has 1 aromatic carbocycles. The van der Waals surface area contributed by atoms with Crippen LogP contribution >= 0.6 is 0 Å². The fourth-order valence-electron chi connectivity index (χ4n) is 2.01. The number of hydrogen-bond acceptors (Lipinski definition) is 2. The summed E-state index contributed by atoms with van der Waals surface area (Å²) in [5.41, 5.74) is 2.10. The topological polar surface area (TPSA) is 26.3 Å². The predicted octanol–water partition coefficient (Wildman–Crippen LogP) is 3.03. The summed E-state index contributed by atoms with van der Waals surface area (Å²) in [6.07, 6.45) is 0.866. The van der Waals surface area contributed by atoms with Crippen LogP contribution in [0.25, 0.3) is 0 Å². The summed E-state index contributed by atoms with van der Waals surface area (Å²) in [4.78, 5) is 12.0. The zero-order valence-electron chi connectivity index (χ0n) is 9.90. The van der Waals surface area contributed by atoms with Crippen molar-refractivity contribution in [2.45, 2.75) is 26.2 Å². The average molecular weight is 218 g/mol. The van der Waals surface area contributed by atoms with Crippen molar-refractivity contribution in [1.82, 2.24) is 0 Å². The van der Waals surface area contributed by atoms with Gasteiger partial charge in [0.2, 0.25) is 0 Å². The number of hydrogen-bond donors (Lipinski definition) is 0. The second kappa shape index (κ2) is 4.79. The Hall–Kier alpha value is -1.15. The van der Waals surface area contributed by atoms with Gasteiger partial charge in [-0.15, -0.1) is 0 Å². The fourth-order valence-corrected chi connectivity index (χ4v) is 2.01. The minimum absolute atomic E-state index is 0.0740. The van der Waals surface area contributed by atoms with E-state index in [0.717, 1.165) is 18.6 Å². The SMILES string of the molecule is CC(C)c1ccc(C(=O)C2CCOC2)cc1. The van der Waals surface area contributed by atoms with Gasteiger partial charge in [-0.1, -0.05) is 38.1 Å². The fraction of sp³-hybridized carbons (Fsp3) is 0.500. The van der Waals surface area contributed by atoms with Crippen LogP contribution in [0.15, 0.2) is 24.3 Å². The quantitative estimate of drug-likeness (QED) is 0.729. The number of Topliss-reactive ketones (excluding diaryl/α,β-unsaturated/α-hetero) is 1. The van der Waals surface area contributed by atoms with Crippen molar-refractivity contribution in [2.75, 3.05) is 13.2 Å². The van der Waals surface area contributed by atoms with E-state index in [1.807, 2.05) is 24.3 Å². The molecule has 1 saturated heterocycles. The Morgan fingerprint density at radius 1 is 1.31 bits per heavy atom. The summed E-state index contributed by atoms with van der Waals surface area (Å²) in [6.45, 7) is 5.62. The van der Waals surface area contributed by atoms with E-state index in [-0.39, 0.29) is 11.7 Å². The first-order valence-electron chi connectivity index (χ1n) is 5.90. The third kappa shape index (κ3) is 2.33. The molecule has 16 heavy (non-hydrogen) atoms. The van der Waals surface area contributed by atoms with Gasteiger partial charge in [-0.2, -0.15) is 0 Å². The highest BCUT2D eigenvalue weighted by molar-refractivity contribution is 5.98. The van der Waals surface area contributed by atoms with E-state index in [1.165, 1.54) is 5.56 Å². The van der Waals surface area contributed by atoms with Gasteiger partial charge in [0, 0.05) is 18.1 Å². The Bertz CT molecular complexity index is 359. The van der Waals surface area contributed by atoms with Crippen molar-refractivity contribution in [3.63, 3.8) is 0 Å². The largest absolute Gasteiger partial charge is 0.381 e. The van der Waals surface area contributed by atoms with E-state index in [4.69, 9.17) is 4.74 Å². The summed E-state index contributed by atoms with van der Waals surface area (Å²) < 4.78 is 5.24. The van der Waals surface area contributed by atoms with E-state index >= 15 is 0 Å². The van der Waals surface area contributed by atoms with Crippen LogP contribution in [0, 0.1) is 5.92 Å². The zero-order valence-corrected chi connectivity index (χ0v) is 9.90. The first-order chi connectivity index (χ1) is 7.68. The molecule has 2 nitrogen and oxygen atoms in total. The maximum atomic E-state index is 12.0. The maximum Gasteiger partial charge on any atom is 0.168 e. The zero-order chi connectivity index (χ0) is 11.5. The highest BCUT2D eigenvalue weighted by atomic mass is 16.5. The third-order valence-corrected chi connectivity index (χ3v) is 3.16. The van der Waals surface area contributed by atoms with Gasteiger partial charge in [-0.3, -0.25) is 4.79 Å². The molecule has 1 fully saturated rings. The lowest BCUT2D eigenvalue weighted by Crippen LogP contribution is -2.14. The molecule has 0 bridgehead atoms. The molecule has 0 N–H and O–H groups in total. The normalized spacial score (nSPS) is 20.3. The first kappa shape index (κ1) is 11.3. The predicted molar refractivity (Wildman–Crippen MR) is 63.8 cm³/mol. The summed E-state index contributed by atoms with van der Waals surface area (Å²) >= 11 is 0. The van der Waals surface area contributed by atoms with Crippen molar-refractivity contribution in [1.29, 1.82) is 0 Å². The number of carbonyl (C=O) groups excluding carboxylic acids is 1. The minimum atomic E-state index is 0.0740. The number of ketones is 1. The molecule has 0 aromatic heterocycles. The van der Waals surface area contributed by atoms with E-state index < -0.39 is 0 Å². The van der Waals surface area contributed by atoms with Crippen LogP contribution in [0.2, 0.25) is 0 Å². The molecule has 1 heterocycles. The molecule has 0 amide bonds. The summed E-state index contributed by atoms with van der Waals surface area (Å²) in [7, 11) is 0. The van der Waals surface area contributed by atoms with Gasteiger partial charge in [0.1, 0.15) is 0 Å². The Morgan fingerprint density at radius 2 is 2.00 bits per heavy atom. The number of carbonyl (C=O) groups is 1. The van der Waals surface area contributed by atoms with E-state index in [0.29, 0.717) is 12.5 Å². The maximum absolute atomic E-state index is 12.0. The summed E-state index contributed by atoms with van der Waals surface area (Å²) in [5, 5.41) is 0. The van der Waals surface area contributed by atoms with Gasteiger partial charge in [-0.05, 0) is 17.9 Å². The molecule has 1 atom stereocenters. The monoisotopic (exact) mass is 218 g/mol. The van der Waals surface area contributed by atoms with E-state index in [2.05, 4.69) is 13.8 Å². The van der Waals surface area contributed by atoms with E-state index in [9.17, 15) is 4.79 Å². The molecule has 0 aliphatic carbocycles. The molecular weight excluding hydrogens is 200 g/mol. The van der Waals surface area contributed by atoms with Crippen LogP contribution < -0.4 is 0 Å². The number of rotatable bonds is 3. The van der Waals surface area contributed by atoms with Gasteiger partial charge in [-0.25, -0.2) is 0 Å². The minimum Gasteiger partial charge on any atom is -0.381 e. The third-order valence-electron chi connectivity index (χ3n) is 3.16. The summed E-state index contributed by atoms with van der Waals surface area (Å²) in [6, 6.07) is 7.98. The smallest absolute Gasteiger partial charge is 0.168 e. The lowest BCUT2D eigenvalue weighted by Gasteiger charge is -2.09. The van der Waals surface area contributed by atoms with E-state index in [1.54, 1.807) is 0 Å². The molecule has 2 heteroatoms. The lowest BCUT2D eigenvalue weighted by molar-refractivity contribution is 0.0900. The van der Waals surface area contributed by atoms with Crippen molar-refractivity contribution < 1.29 is 9.53 Å². The number of benzene rings is 1. The molecule has 1 aliphatic heterocycles. The van der Waals surface area contributed by atoms with Crippen LogP contribution in [0.1, 0.15) is 42.1 Å². The van der Waals surface area contributed by atoms with Gasteiger partial charge in [0.15, 0.2) is 5.78 Å². The molecular formula is C14H18O2. The first-order valence-corrected chi connectivity index (χ1v) is 5.90. The molecule has 1 aromatic rings. The Kier molecular flexibility index (Phi) is 3.39. The van der Waals surface area contributed by atoms with Gasteiger partial charge in [0.05, 0.1) is 6.61 Å². The second-order valence-corrected chi connectivity index (χ2v) is 4.70. The number of ether oxygens (including phenoxy) is 1. The van der Waals surface area contributed by atoms with Crippen molar-refractivity contribution >= 4 is 5.78 Å². The molecule has 1 unspecified atom stereocenters. The molecule has 0 spiro atoms. The van der Waals surface area contributed by atoms with Crippen LogP contribution in [0.5, 0.6) is 0 Å². The van der Waals surface area contributed by atoms with Gasteiger partial charge < -0.3 is 4.74 Å². The molecule has 2 rings (SSSR count). The van der Waals surface area contributed by atoms with Crippen LogP contribution in [0.4, 0.5) is 0 Å². The Morgan fingerprint density at radius 3 is 2.50 bits per heavy atom. The highest BCUT2D eigenvalue weighted by Crippen LogP contribution is 2.20. The lowest BCUT2D eigenvalue weighted by atomic mass is 9.94. The molecule has 1 aliphatic rings. The van der Waals surface area contributed by atoms with Crippen LogP contribution in [-0.2, 0) is 4.74 Å². The molecule has 0 radical (unpaired) electrons. The standard InChI is InChI=1S/C14H18O2/c1-10(2)11-3-5-12(6-4-11)14(15)13-7-8-16-9-13/h3-6,10,13H,7-9H2,1-2H3. The highest BCUT2D eigenvalue weighted by Gasteiger charge is 2.24. The van der Waals surface area contributed by atoms with Crippen molar-refractivity contribution in [2.24, 2.45) is 5.92 Å². The average Bonchev–Trinajstić information content (AvgIpc) is 2.81. The van der Waals surface area contributed by atoms with Crippen LogP contribution in [-0.4, -0.2) is 19.0 Å². The van der Waals surface area contributed by atoms with Gasteiger partial charge >= 0.3 is 0 Å². The van der Waals surface area contributed by atoms with Crippen LogP contribution in [0.3, 0.4) is 0 Å². The molecule has 0 saturated carbocycles. The van der Waals surface area contributed by atoms with Crippen molar-refractivity contribution in [3.8, 4) is 0 Å². The second-order valence-electron chi connectivity index (χ2n) is 4.70. The van der Waals surface area contributed by atoms with Crippen molar-refractivity contribution in [3.05, 3.63) is 35.4 Å².